The molecule has 0 spiro atoms. The summed E-state index contributed by atoms with van der Waals surface area (Å²) in [7, 11) is 0. The van der Waals surface area contributed by atoms with Gasteiger partial charge in [-0.2, -0.15) is 13.2 Å². The Balaban J connectivity index is 2.52. The van der Waals surface area contributed by atoms with E-state index in [1.165, 1.54) is 10.6 Å². The molecule has 2 rings (SSSR count). The molecule has 0 bridgehead atoms. The molecule has 0 aliphatic rings. The van der Waals surface area contributed by atoms with Gasteiger partial charge in [0.25, 0.3) is 0 Å². The van der Waals surface area contributed by atoms with Crippen molar-refractivity contribution >= 4 is 5.95 Å². The second kappa shape index (κ2) is 5.38. The van der Waals surface area contributed by atoms with Crippen LogP contribution in [0.5, 0.6) is 0 Å². The number of aryl methyl sites for hydroxylation is 1. The highest BCUT2D eigenvalue weighted by molar-refractivity contribution is 5.46. The molecule has 2 aromatic rings. The summed E-state index contributed by atoms with van der Waals surface area (Å²) in [6.07, 6.45) is -3.14. The van der Waals surface area contributed by atoms with Crippen molar-refractivity contribution < 1.29 is 17.6 Å². The van der Waals surface area contributed by atoms with Gasteiger partial charge >= 0.3 is 6.18 Å². The van der Waals surface area contributed by atoms with Gasteiger partial charge in [0, 0.05) is 17.9 Å². The van der Waals surface area contributed by atoms with Crippen LogP contribution in [-0.2, 0) is 6.18 Å². The fourth-order valence-electron chi connectivity index (χ4n) is 1.93. The van der Waals surface area contributed by atoms with Crippen LogP contribution in [0.15, 0.2) is 24.4 Å². The number of hydrogen-bond acceptors (Lipinski definition) is 2. The summed E-state index contributed by atoms with van der Waals surface area (Å²) >= 11 is 0. The average molecular weight is 301 g/mol. The smallest absolute Gasteiger partial charge is 0.353 e. The molecule has 0 saturated heterocycles. The molecule has 0 fully saturated rings. The SMILES string of the molecule is Cc1cn(-c2ccc(F)c(C(F)(F)F)c2)c(NC(C)C)n1. The van der Waals surface area contributed by atoms with Crippen molar-refractivity contribution in [3.63, 3.8) is 0 Å². The molecule has 0 saturated carbocycles. The Morgan fingerprint density at radius 1 is 1.24 bits per heavy atom. The summed E-state index contributed by atoms with van der Waals surface area (Å²) in [5, 5.41) is 3.04. The number of anilines is 1. The van der Waals surface area contributed by atoms with Crippen molar-refractivity contribution in [2.45, 2.75) is 33.0 Å². The minimum Gasteiger partial charge on any atom is -0.353 e. The van der Waals surface area contributed by atoms with Crippen LogP contribution in [0.4, 0.5) is 23.5 Å². The summed E-state index contributed by atoms with van der Waals surface area (Å²) in [6.45, 7) is 5.51. The number of aromatic nitrogens is 2. The predicted molar refractivity (Wildman–Crippen MR) is 72.0 cm³/mol. The van der Waals surface area contributed by atoms with Gasteiger partial charge in [0.05, 0.1) is 11.3 Å². The van der Waals surface area contributed by atoms with Crippen LogP contribution in [0.1, 0.15) is 25.1 Å². The number of benzene rings is 1. The standard InChI is InChI=1S/C14H15F4N3/c1-8(2)19-13-20-9(3)7-21(13)10-4-5-12(15)11(6-10)14(16,17)18/h4-8H,1-3H3,(H,19,20). The van der Waals surface area contributed by atoms with Gasteiger partial charge in [0.15, 0.2) is 0 Å². The Morgan fingerprint density at radius 3 is 2.48 bits per heavy atom. The molecule has 1 aromatic carbocycles. The minimum atomic E-state index is -4.73. The van der Waals surface area contributed by atoms with Gasteiger partial charge in [0.1, 0.15) is 5.82 Å². The lowest BCUT2D eigenvalue weighted by Gasteiger charge is -2.14. The van der Waals surface area contributed by atoms with E-state index >= 15 is 0 Å². The van der Waals surface area contributed by atoms with Crippen molar-refractivity contribution in [1.82, 2.24) is 9.55 Å². The normalized spacial score (nSPS) is 12.0. The van der Waals surface area contributed by atoms with Gasteiger partial charge in [-0.25, -0.2) is 9.37 Å². The second-order valence-electron chi connectivity index (χ2n) is 5.04. The molecule has 0 amide bonds. The van der Waals surface area contributed by atoms with Crippen LogP contribution in [-0.4, -0.2) is 15.6 Å². The Labute approximate surface area is 119 Å². The van der Waals surface area contributed by atoms with Crippen molar-refractivity contribution in [3.05, 3.63) is 41.5 Å². The average Bonchev–Trinajstić information content (AvgIpc) is 2.68. The molecule has 1 heterocycles. The Hall–Kier alpha value is -2.05. The first-order chi connectivity index (χ1) is 9.68. The predicted octanol–water partition coefficient (Wildman–Crippen LogP) is 4.16. The van der Waals surface area contributed by atoms with Gasteiger partial charge in [0.2, 0.25) is 5.95 Å². The zero-order chi connectivity index (χ0) is 15.8. The summed E-state index contributed by atoms with van der Waals surface area (Å²) in [4.78, 5) is 4.22. The van der Waals surface area contributed by atoms with E-state index < -0.39 is 17.6 Å². The van der Waals surface area contributed by atoms with Crippen molar-refractivity contribution in [3.8, 4) is 5.69 Å². The van der Waals surface area contributed by atoms with E-state index in [0.717, 1.165) is 12.1 Å². The quantitative estimate of drug-likeness (QED) is 0.863. The number of nitrogens with one attached hydrogen (secondary N) is 1. The number of rotatable bonds is 3. The molecular formula is C14H15F4N3. The summed E-state index contributed by atoms with van der Waals surface area (Å²) in [6, 6.07) is 2.94. The van der Waals surface area contributed by atoms with E-state index in [0.29, 0.717) is 11.6 Å². The molecule has 0 atom stereocenters. The van der Waals surface area contributed by atoms with E-state index in [2.05, 4.69) is 10.3 Å². The largest absolute Gasteiger partial charge is 0.419 e. The van der Waals surface area contributed by atoms with Gasteiger partial charge < -0.3 is 5.32 Å². The first-order valence-corrected chi connectivity index (χ1v) is 6.38. The third-order valence-electron chi connectivity index (χ3n) is 2.78. The monoisotopic (exact) mass is 301 g/mol. The number of halogens is 4. The maximum Gasteiger partial charge on any atom is 0.419 e. The third kappa shape index (κ3) is 3.34. The first kappa shape index (κ1) is 15.3. The molecule has 7 heteroatoms. The summed E-state index contributed by atoms with van der Waals surface area (Å²) in [5.41, 5.74) is -0.439. The van der Waals surface area contributed by atoms with E-state index in [9.17, 15) is 17.6 Å². The molecule has 1 aromatic heterocycles. The lowest BCUT2D eigenvalue weighted by Crippen LogP contribution is -2.14. The van der Waals surface area contributed by atoms with Crippen LogP contribution in [0.3, 0.4) is 0 Å². The summed E-state index contributed by atoms with van der Waals surface area (Å²) in [5.74, 6) is -0.872. The van der Waals surface area contributed by atoms with Crippen LogP contribution in [0.2, 0.25) is 0 Å². The minimum absolute atomic E-state index is 0.0630. The molecule has 3 nitrogen and oxygen atoms in total. The second-order valence-corrected chi connectivity index (χ2v) is 5.04. The highest BCUT2D eigenvalue weighted by Crippen LogP contribution is 2.33. The summed E-state index contributed by atoms with van der Waals surface area (Å²) < 4.78 is 53.2. The highest BCUT2D eigenvalue weighted by Gasteiger charge is 2.34. The topological polar surface area (TPSA) is 29.9 Å². The van der Waals surface area contributed by atoms with E-state index in [4.69, 9.17) is 0 Å². The Kier molecular flexibility index (Phi) is 3.93. The third-order valence-corrected chi connectivity index (χ3v) is 2.78. The zero-order valence-corrected chi connectivity index (χ0v) is 11.8. The van der Waals surface area contributed by atoms with Gasteiger partial charge in [-0.05, 0) is 39.0 Å². The number of alkyl halides is 3. The molecule has 0 radical (unpaired) electrons. The maximum atomic E-state index is 13.3. The lowest BCUT2D eigenvalue weighted by molar-refractivity contribution is -0.140. The fraction of sp³-hybridized carbons (Fsp3) is 0.357. The molecule has 0 unspecified atom stereocenters. The molecule has 1 N–H and O–H groups in total. The lowest BCUT2D eigenvalue weighted by atomic mass is 10.2. The van der Waals surface area contributed by atoms with Crippen LogP contribution >= 0.6 is 0 Å². The number of imidazole rings is 1. The number of hydrogen-bond donors (Lipinski definition) is 1. The molecule has 21 heavy (non-hydrogen) atoms. The van der Waals surface area contributed by atoms with Crippen molar-refractivity contribution in [2.75, 3.05) is 5.32 Å². The molecule has 0 aliphatic carbocycles. The van der Waals surface area contributed by atoms with Crippen molar-refractivity contribution in [1.29, 1.82) is 0 Å². The number of nitrogens with zero attached hydrogens (tertiary/aromatic N) is 2. The van der Waals surface area contributed by atoms with E-state index in [1.54, 1.807) is 13.1 Å². The van der Waals surface area contributed by atoms with Gasteiger partial charge in [-0.1, -0.05) is 0 Å². The molecule has 114 valence electrons. The van der Waals surface area contributed by atoms with Gasteiger partial charge in [-0.3, -0.25) is 4.57 Å². The Morgan fingerprint density at radius 2 is 1.90 bits per heavy atom. The van der Waals surface area contributed by atoms with E-state index in [-0.39, 0.29) is 11.7 Å². The van der Waals surface area contributed by atoms with Crippen LogP contribution < -0.4 is 5.32 Å². The van der Waals surface area contributed by atoms with Gasteiger partial charge in [-0.15, -0.1) is 0 Å². The fourth-order valence-corrected chi connectivity index (χ4v) is 1.93. The van der Waals surface area contributed by atoms with Crippen molar-refractivity contribution in [2.24, 2.45) is 0 Å². The molecular weight excluding hydrogens is 286 g/mol. The zero-order valence-electron chi connectivity index (χ0n) is 11.8. The van der Waals surface area contributed by atoms with Crippen LogP contribution in [0.25, 0.3) is 5.69 Å². The highest BCUT2D eigenvalue weighted by atomic mass is 19.4. The van der Waals surface area contributed by atoms with E-state index in [1.807, 2.05) is 13.8 Å². The van der Waals surface area contributed by atoms with Crippen LogP contribution in [0, 0.1) is 12.7 Å². The first-order valence-electron chi connectivity index (χ1n) is 6.38. The maximum absolute atomic E-state index is 13.3. The Bertz CT molecular complexity index is 644. The molecule has 0 aliphatic heterocycles.